The molecule has 2 saturated heterocycles. The first-order valence-electron chi connectivity index (χ1n) is 15.3. The van der Waals surface area contributed by atoms with Crippen LogP contribution in [0.4, 0.5) is 0 Å². The predicted molar refractivity (Wildman–Crippen MR) is 159 cm³/mol. The van der Waals surface area contributed by atoms with E-state index < -0.39 is 24.3 Å². The average molecular weight is 605 g/mol. The first-order valence-corrected chi connectivity index (χ1v) is 15.7. The third kappa shape index (κ3) is 9.95. The molecule has 0 bridgehead atoms. The van der Waals surface area contributed by atoms with E-state index in [4.69, 9.17) is 40.0 Å². The zero-order valence-corrected chi connectivity index (χ0v) is 25.3. The lowest BCUT2D eigenvalue weighted by atomic mass is 9.91. The Morgan fingerprint density at radius 2 is 1.71 bits per heavy atom. The molecule has 1 aromatic carbocycles. The van der Waals surface area contributed by atoms with Crippen molar-refractivity contribution < 1.29 is 38.3 Å². The van der Waals surface area contributed by atoms with Crippen molar-refractivity contribution in [3.05, 3.63) is 59.3 Å². The Balaban J connectivity index is 1.34. The number of allylic oxidation sites excluding steroid dienone is 1. The Morgan fingerprint density at radius 1 is 1.02 bits per heavy atom. The molecule has 0 amide bonds. The number of rotatable bonds is 14. The highest BCUT2D eigenvalue weighted by Gasteiger charge is 2.47. The molecule has 0 aromatic heterocycles. The van der Waals surface area contributed by atoms with Crippen molar-refractivity contribution in [3.8, 4) is 5.75 Å². The van der Waals surface area contributed by atoms with Crippen LogP contribution in [0.3, 0.4) is 0 Å². The van der Waals surface area contributed by atoms with Crippen LogP contribution in [0.1, 0.15) is 70.6 Å². The van der Waals surface area contributed by atoms with E-state index in [1.807, 2.05) is 30.3 Å². The minimum atomic E-state index is -1.69. The van der Waals surface area contributed by atoms with Crippen LogP contribution >= 0.6 is 11.6 Å². The molecule has 2 aliphatic heterocycles. The van der Waals surface area contributed by atoms with E-state index in [1.165, 1.54) is 7.11 Å². The maximum absolute atomic E-state index is 13.1. The molecule has 1 saturated carbocycles. The second kappa shape index (κ2) is 17.2. The summed E-state index contributed by atoms with van der Waals surface area (Å²) in [4.78, 5) is 13.1. The molecule has 232 valence electrons. The Morgan fingerprint density at radius 3 is 2.33 bits per heavy atom. The Hall–Kier alpha value is -2.16. The topological polar surface area (TPSA) is 92.7 Å². The van der Waals surface area contributed by atoms with Crippen LogP contribution in [-0.4, -0.2) is 62.5 Å². The molecule has 42 heavy (non-hydrogen) atoms. The summed E-state index contributed by atoms with van der Waals surface area (Å²) in [6.45, 7) is 1.73. The minimum Gasteiger partial charge on any atom is -0.493 e. The lowest BCUT2D eigenvalue weighted by molar-refractivity contribution is -0.350. The highest BCUT2D eigenvalue weighted by molar-refractivity contribution is 6.30. The fraction of sp³-hybridized carbons (Fsp3) is 0.636. The Labute approximate surface area is 254 Å². The van der Waals surface area contributed by atoms with E-state index in [0.717, 1.165) is 50.7 Å². The van der Waals surface area contributed by atoms with Gasteiger partial charge < -0.3 is 33.5 Å². The van der Waals surface area contributed by atoms with Gasteiger partial charge in [0.25, 0.3) is 5.79 Å². The van der Waals surface area contributed by atoms with Crippen molar-refractivity contribution in [3.63, 3.8) is 0 Å². The van der Waals surface area contributed by atoms with Gasteiger partial charge in [-0.05, 0) is 112 Å². The normalized spacial score (nSPS) is 27.6. The van der Waals surface area contributed by atoms with E-state index in [2.05, 4.69) is 17.9 Å². The van der Waals surface area contributed by atoms with E-state index in [1.54, 1.807) is 6.08 Å². The standard InChI is InChI=1S/C33H45ClO8/c1-37-32(36)33(41-30-13-5-9-23-39-30,42-31-14-6-10-24-40-31)21-7-2-3-12-28-25(15-20-29(28)35)11-4-8-22-38-27-18-16-26(34)17-19-27/h3-4,7,11,16-19,25,28-31,35H,5-6,8-10,12-15,20-24H2,1H3/b11-4+/t2?,25-,28+,29-,30?,31?,33?/m0/s1. The summed E-state index contributed by atoms with van der Waals surface area (Å²) in [6, 6.07) is 7.34. The molecule has 0 spiro atoms. The third-order valence-electron chi connectivity index (χ3n) is 8.00. The molecule has 5 atom stereocenters. The highest BCUT2D eigenvalue weighted by atomic mass is 35.5. The van der Waals surface area contributed by atoms with Crippen molar-refractivity contribution in [2.24, 2.45) is 11.8 Å². The van der Waals surface area contributed by atoms with Crippen molar-refractivity contribution in [2.45, 2.75) is 95.1 Å². The van der Waals surface area contributed by atoms with Gasteiger partial charge in [-0.15, -0.1) is 5.73 Å². The highest BCUT2D eigenvalue weighted by Crippen LogP contribution is 2.36. The monoisotopic (exact) mass is 604 g/mol. The maximum atomic E-state index is 13.1. The number of hydrogen-bond acceptors (Lipinski definition) is 8. The number of ether oxygens (including phenoxy) is 6. The summed E-state index contributed by atoms with van der Waals surface area (Å²) in [5, 5.41) is 11.3. The smallest absolute Gasteiger partial charge is 0.367 e. The van der Waals surface area contributed by atoms with Crippen LogP contribution in [0.15, 0.2) is 54.3 Å². The van der Waals surface area contributed by atoms with Gasteiger partial charge in [0.1, 0.15) is 5.75 Å². The number of esters is 1. The van der Waals surface area contributed by atoms with Gasteiger partial charge in [-0.3, -0.25) is 0 Å². The summed E-state index contributed by atoms with van der Waals surface area (Å²) in [5.41, 5.74) is 3.20. The van der Waals surface area contributed by atoms with Crippen molar-refractivity contribution in [1.82, 2.24) is 0 Å². The number of halogens is 1. The van der Waals surface area contributed by atoms with Gasteiger partial charge in [0.2, 0.25) is 0 Å². The van der Waals surface area contributed by atoms with Gasteiger partial charge in [-0.2, -0.15) is 0 Å². The van der Waals surface area contributed by atoms with Crippen LogP contribution in [-0.2, 0) is 28.5 Å². The summed E-state index contributed by atoms with van der Waals surface area (Å²) >= 11 is 5.92. The number of aliphatic hydroxyl groups excluding tert-OH is 1. The molecular formula is C33H45ClO8. The van der Waals surface area contributed by atoms with Crippen LogP contribution in [0.2, 0.25) is 5.02 Å². The molecule has 1 aromatic rings. The second-order valence-electron chi connectivity index (χ2n) is 11.1. The molecular weight excluding hydrogens is 560 g/mol. The number of hydrogen-bond donors (Lipinski definition) is 1. The predicted octanol–water partition coefficient (Wildman–Crippen LogP) is 6.50. The Kier molecular flexibility index (Phi) is 13.4. The van der Waals surface area contributed by atoms with Crippen LogP contribution in [0.25, 0.3) is 0 Å². The SMILES string of the molecule is COC(=O)C(CC=C=CC[C@H]1[C@@H](O)CC[C@@H]1/C=C/CCOc1ccc(Cl)cc1)(OC1CCCCO1)OC1CCCCO1. The first kappa shape index (κ1) is 32.7. The summed E-state index contributed by atoms with van der Waals surface area (Å²) in [5.74, 6) is -1.14. The zero-order valence-electron chi connectivity index (χ0n) is 24.6. The molecule has 9 heteroatoms. The van der Waals surface area contributed by atoms with E-state index in [0.29, 0.717) is 44.1 Å². The largest absolute Gasteiger partial charge is 0.493 e. The molecule has 1 aliphatic carbocycles. The average Bonchev–Trinajstić information content (AvgIpc) is 3.36. The van der Waals surface area contributed by atoms with Gasteiger partial charge in [0, 0.05) is 24.7 Å². The molecule has 3 aliphatic rings. The second-order valence-corrected chi connectivity index (χ2v) is 11.5. The summed E-state index contributed by atoms with van der Waals surface area (Å²) in [6.07, 6.45) is 14.9. The van der Waals surface area contributed by atoms with Crippen LogP contribution in [0.5, 0.6) is 5.75 Å². The van der Waals surface area contributed by atoms with E-state index >= 15 is 0 Å². The molecule has 2 heterocycles. The number of methoxy groups -OCH3 is 1. The summed E-state index contributed by atoms with van der Waals surface area (Å²) < 4.78 is 34.8. The van der Waals surface area contributed by atoms with E-state index in [-0.39, 0.29) is 24.4 Å². The lowest BCUT2D eigenvalue weighted by Gasteiger charge is -2.38. The Bertz CT molecular complexity index is 1020. The van der Waals surface area contributed by atoms with Crippen molar-refractivity contribution >= 4 is 17.6 Å². The molecule has 8 nitrogen and oxygen atoms in total. The maximum Gasteiger partial charge on any atom is 0.367 e. The zero-order chi connectivity index (χ0) is 29.6. The fourth-order valence-electron chi connectivity index (χ4n) is 5.67. The van der Waals surface area contributed by atoms with Crippen LogP contribution < -0.4 is 4.74 Å². The van der Waals surface area contributed by atoms with E-state index in [9.17, 15) is 9.90 Å². The molecule has 3 fully saturated rings. The van der Waals surface area contributed by atoms with Gasteiger partial charge in [0.15, 0.2) is 12.6 Å². The van der Waals surface area contributed by atoms with Crippen molar-refractivity contribution in [1.29, 1.82) is 0 Å². The summed E-state index contributed by atoms with van der Waals surface area (Å²) in [7, 11) is 1.33. The van der Waals surface area contributed by atoms with Gasteiger partial charge >= 0.3 is 5.97 Å². The molecule has 2 unspecified atom stereocenters. The van der Waals surface area contributed by atoms with Gasteiger partial charge in [0.05, 0.1) is 19.8 Å². The molecule has 4 rings (SSSR count). The molecule has 0 radical (unpaired) electrons. The first-order chi connectivity index (χ1) is 20.5. The minimum absolute atomic E-state index is 0.0973. The number of carbonyl (C=O) groups excluding carboxylic acids is 1. The fourth-order valence-corrected chi connectivity index (χ4v) is 5.79. The molecule has 1 N–H and O–H groups in total. The number of carbonyl (C=O) groups is 1. The quantitative estimate of drug-likeness (QED) is 0.0846. The van der Waals surface area contributed by atoms with Crippen molar-refractivity contribution in [2.75, 3.05) is 26.9 Å². The number of aliphatic hydroxyl groups is 1. The van der Waals surface area contributed by atoms with Gasteiger partial charge in [-0.1, -0.05) is 23.8 Å². The van der Waals surface area contributed by atoms with Gasteiger partial charge in [-0.25, -0.2) is 4.79 Å². The number of benzene rings is 1. The third-order valence-corrected chi connectivity index (χ3v) is 8.25. The van der Waals surface area contributed by atoms with Crippen LogP contribution in [0, 0.1) is 11.8 Å². The lowest BCUT2D eigenvalue weighted by Crippen LogP contribution is -2.51.